The van der Waals surface area contributed by atoms with Crippen molar-refractivity contribution < 1.29 is 28.6 Å². The fourth-order valence-electron chi connectivity index (χ4n) is 7.51. The lowest BCUT2D eigenvalue weighted by molar-refractivity contribution is -0.167. The standard InChI is InChI=1S/C55H98O6/c1-4-7-10-13-16-19-22-25-27-30-33-36-39-42-45-48-54(57)60-51-52(50-59-53(56)47-44-41-38-35-32-29-24-21-18-15-12-9-6-3)61-55(58)49-46-43-40-37-34-31-28-26-23-20-17-14-11-8-5-2/h9,12,15,18,21,24,29,32,52H,4-8,10-11,13-14,16-17,19-20,22-23,25-28,30-31,33-51H2,1-3H3/b12-9+,18-15+,24-21+,32-29+. The highest BCUT2D eigenvalue weighted by atomic mass is 16.6. The van der Waals surface area contributed by atoms with Gasteiger partial charge in [-0.05, 0) is 38.5 Å². The Kier molecular flexibility index (Phi) is 47.9. The molecule has 0 aromatic rings. The van der Waals surface area contributed by atoms with Crippen LogP contribution in [-0.4, -0.2) is 37.2 Å². The minimum absolute atomic E-state index is 0.0819. The number of carbonyl (C=O) groups is 3. The number of unbranched alkanes of at least 4 members (excludes halogenated alkanes) is 31. The molecule has 0 radical (unpaired) electrons. The molecule has 6 heteroatoms. The molecule has 0 heterocycles. The first kappa shape index (κ1) is 58.4. The van der Waals surface area contributed by atoms with Gasteiger partial charge in [0.2, 0.25) is 0 Å². The summed E-state index contributed by atoms with van der Waals surface area (Å²) in [5, 5.41) is 0. The molecular formula is C55H98O6. The van der Waals surface area contributed by atoms with E-state index in [1.165, 1.54) is 154 Å². The Hall–Kier alpha value is -2.63. The van der Waals surface area contributed by atoms with Gasteiger partial charge in [-0.15, -0.1) is 0 Å². The SMILES string of the molecule is CC/C=C/C=C/C=C/C=C/CCCCCC(=O)OCC(COC(=O)CCCCCCCCCCCCCCCCC)OC(=O)CCCCCCCCCCCCCCCCC. The highest BCUT2D eigenvalue weighted by Gasteiger charge is 2.19. The first-order chi connectivity index (χ1) is 30.0. The second kappa shape index (κ2) is 50.0. The molecule has 0 aliphatic heterocycles. The monoisotopic (exact) mass is 855 g/mol. The van der Waals surface area contributed by atoms with Gasteiger partial charge in [-0.1, -0.05) is 256 Å². The quantitative estimate of drug-likeness (QED) is 0.0263. The lowest BCUT2D eigenvalue weighted by Crippen LogP contribution is -2.30. The molecule has 6 nitrogen and oxygen atoms in total. The number of allylic oxidation sites excluding steroid dienone is 8. The Morgan fingerprint density at radius 2 is 0.639 bits per heavy atom. The van der Waals surface area contributed by atoms with Crippen LogP contribution in [-0.2, 0) is 28.6 Å². The van der Waals surface area contributed by atoms with E-state index in [-0.39, 0.29) is 31.1 Å². The van der Waals surface area contributed by atoms with Crippen molar-refractivity contribution in [3.05, 3.63) is 48.6 Å². The molecule has 0 rings (SSSR count). The lowest BCUT2D eigenvalue weighted by Gasteiger charge is -2.18. The molecule has 1 atom stereocenters. The zero-order chi connectivity index (χ0) is 44.4. The summed E-state index contributed by atoms with van der Waals surface area (Å²) in [5.74, 6) is -0.911. The van der Waals surface area contributed by atoms with Crippen LogP contribution in [0.1, 0.15) is 265 Å². The van der Waals surface area contributed by atoms with Crippen molar-refractivity contribution in [1.82, 2.24) is 0 Å². The van der Waals surface area contributed by atoms with Crippen molar-refractivity contribution in [2.45, 2.75) is 271 Å². The van der Waals surface area contributed by atoms with Crippen LogP contribution in [0, 0.1) is 0 Å². The average Bonchev–Trinajstić information content (AvgIpc) is 3.26. The smallest absolute Gasteiger partial charge is 0.306 e. The van der Waals surface area contributed by atoms with Crippen molar-refractivity contribution in [1.29, 1.82) is 0 Å². The van der Waals surface area contributed by atoms with Crippen molar-refractivity contribution in [2.24, 2.45) is 0 Å². The van der Waals surface area contributed by atoms with E-state index in [0.29, 0.717) is 19.3 Å². The highest BCUT2D eigenvalue weighted by molar-refractivity contribution is 5.71. The molecule has 0 spiro atoms. The third-order valence-electron chi connectivity index (χ3n) is 11.4. The second-order valence-electron chi connectivity index (χ2n) is 17.5. The first-order valence-corrected chi connectivity index (χ1v) is 26.2. The van der Waals surface area contributed by atoms with Crippen LogP contribution in [0.5, 0.6) is 0 Å². The van der Waals surface area contributed by atoms with Crippen LogP contribution in [0.4, 0.5) is 0 Å². The minimum atomic E-state index is -0.784. The Labute approximate surface area is 378 Å². The molecule has 1 unspecified atom stereocenters. The van der Waals surface area contributed by atoms with Gasteiger partial charge in [0.05, 0.1) is 0 Å². The number of ether oxygens (including phenoxy) is 3. The molecule has 0 N–H and O–H groups in total. The van der Waals surface area contributed by atoms with E-state index in [2.05, 4.69) is 39.0 Å². The maximum absolute atomic E-state index is 12.8. The highest BCUT2D eigenvalue weighted by Crippen LogP contribution is 2.16. The van der Waals surface area contributed by atoms with Crippen molar-refractivity contribution in [2.75, 3.05) is 13.2 Å². The summed E-state index contributed by atoms with van der Waals surface area (Å²) in [4.78, 5) is 38.0. The zero-order valence-electron chi connectivity index (χ0n) is 40.4. The summed E-state index contributed by atoms with van der Waals surface area (Å²) in [6.07, 6.45) is 59.5. The van der Waals surface area contributed by atoms with Crippen LogP contribution >= 0.6 is 0 Å². The van der Waals surface area contributed by atoms with Crippen molar-refractivity contribution >= 4 is 17.9 Å². The maximum Gasteiger partial charge on any atom is 0.306 e. The summed E-state index contributed by atoms with van der Waals surface area (Å²) in [5.41, 5.74) is 0. The summed E-state index contributed by atoms with van der Waals surface area (Å²) in [6, 6.07) is 0. The van der Waals surface area contributed by atoms with Crippen molar-refractivity contribution in [3.63, 3.8) is 0 Å². The molecule has 61 heavy (non-hydrogen) atoms. The maximum atomic E-state index is 12.8. The fourth-order valence-corrected chi connectivity index (χ4v) is 7.51. The van der Waals surface area contributed by atoms with E-state index in [0.717, 1.165) is 70.6 Å². The van der Waals surface area contributed by atoms with Gasteiger partial charge in [0.25, 0.3) is 0 Å². The van der Waals surface area contributed by atoms with Gasteiger partial charge < -0.3 is 14.2 Å². The molecule has 0 aromatic heterocycles. The summed E-state index contributed by atoms with van der Waals surface area (Å²) in [6.45, 7) is 6.49. The molecule has 0 bridgehead atoms. The second-order valence-corrected chi connectivity index (χ2v) is 17.5. The number of carbonyl (C=O) groups excluding carboxylic acids is 3. The normalized spacial score (nSPS) is 12.4. The third-order valence-corrected chi connectivity index (χ3v) is 11.4. The van der Waals surface area contributed by atoms with Crippen LogP contribution in [0.25, 0.3) is 0 Å². The van der Waals surface area contributed by atoms with Gasteiger partial charge in [0.15, 0.2) is 6.10 Å². The van der Waals surface area contributed by atoms with Gasteiger partial charge in [-0.3, -0.25) is 14.4 Å². The van der Waals surface area contributed by atoms with Gasteiger partial charge in [0.1, 0.15) is 13.2 Å². The van der Waals surface area contributed by atoms with E-state index in [1.54, 1.807) is 0 Å². The van der Waals surface area contributed by atoms with E-state index < -0.39 is 6.10 Å². The zero-order valence-corrected chi connectivity index (χ0v) is 40.4. The van der Waals surface area contributed by atoms with E-state index in [1.807, 2.05) is 30.4 Å². The van der Waals surface area contributed by atoms with Gasteiger partial charge in [0, 0.05) is 19.3 Å². The molecule has 0 aromatic carbocycles. The summed E-state index contributed by atoms with van der Waals surface area (Å²) in [7, 11) is 0. The van der Waals surface area contributed by atoms with E-state index in [4.69, 9.17) is 14.2 Å². The van der Waals surface area contributed by atoms with E-state index >= 15 is 0 Å². The molecule has 354 valence electrons. The lowest BCUT2D eigenvalue weighted by atomic mass is 10.0. The van der Waals surface area contributed by atoms with Gasteiger partial charge >= 0.3 is 17.9 Å². The number of rotatable bonds is 47. The molecule has 0 fully saturated rings. The average molecular weight is 855 g/mol. The molecule has 0 aliphatic rings. The fraction of sp³-hybridized carbons (Fsp3) is 0.800. The Balaban J connectivity index is 4.39. The number of hydrogen-bond donors (Lipinski definition) is 0. The van der Waals surface area contributed by atoms with Crippen LogP contribution in [0.3, 0.4) is 0 Å². The summed E-state index contributed by atoms with van der Waals surface area (Å²) >= 11 is 0. The topological polar surface area (TPSA) is 78.9 Å². The predicted octanol–water partition coefficient (Wildman–Crippen LogP) is 17.1. The van der Waals surface area contributed by atoms with Crippen LogP contribution in [0.2, 0.25) is 0 Å². The Morgan fingerprint density at radius 3 is 1.00 bits per heavy atom. The Bertz CT molecular complexity index is 1070. The molecule has 0 amide bonds. The largest absolute Gasteiger partial charge is 0.462 e. The predicted molar refractivity (Wildman–Crippen MR) is 261 cm³/mol. The number of hydrogen-bond acceptors (Lipinski definition) is 6. The first-order valence-electron chi connectivity index (χ1n) is 26.2. The van der Waals surface area contributed by atoms with Crippen LogP contribution in [0.15, 0.2) is 48.6 Å². The molecule has 0 saturated heterocycles. The van der Waals surface area contributed by atoms with Crippen molar-refractivity contribution in [3.8, 4) is 0 Å². The minimum Gasteiger partial charge on any atom is -0.462 e. The molecule has 0 aliphatic carbocycles. The molecular weight excluding hydrogens is 757 g/mol. The molecule has 0 saturated carbocycles. The number of esters is 3. The summed E-state index contributed by atoms with van der Waals surface area (Å²) < 4.78 is 16.8. The van der Waals surface area contributed by atoms with Gasteiger partial charge in [-0.2, -0.15) is 0 Å². The van der Waals surface area contributed by atoms with E-state index in [9.17, 15) is 14.4 Å². The third kappa shape index (κ3) is 48.3. The van der Waals surface area contributed by atoms with Crippen LogP contribution < -0.4 is 0 Å². The Morgan fingerprint density at radius 1 is 0.344 bits per heavy atom. The van der Waals surface area contributed by atoms with Gasteiger partial charge in [-0.25, -0.2) is 0 Å².